The summed E-state index contributed by atoms with van der Waals surface area (Å²) in [4.78, 5) is 23.0. The first-order chi connectivity index (χ1) is 9.56. The van der Waals surface area contributed by atoms with Crippen molar-refractivity contribution in [2.75, 3.05) is 11.9 Å². The van der Waals surface area contributed by atoms with Crippen LogP contribution < -0.4 is 5.32 Å². The number of halogens is 1. The Morgan fingerprint density at radius 3 is 3.00 bits per heavy atom. The summed E-state index contributed by atoms with van der Waals surface area (Å²) in [6, 6.07) is 0. The van der Waals surface area contributed by atoms with E-state index in [1.54, 1.807) is 0 Å². The Bertz CT molecular complexity index is 598. The zero-order valence-electron chi connectivity index (χ0n) is 10.8. The second-order valence-corrected chi connectivity index (χ2v) is 5.80. The van der Waals surface area contributed by atoms with Gasteiger partial charge in [-0.15, -0.1) is 11.3 Å². The third-order valence-electron chi connectivity index (χ3n) is 2.55. The normalized spacial score (nSPS) is 10.5. The molecule has 20 heavy (non-hydrogen) atoms. The second kappa shape index (κ2) is 6.62. The molecule has 0 aliphatic heterocycles. The maximum absolute atomic E-state index is 10.8. The van der Waals surface area contributed by atoms with Crippen molar-refractivity contribution in [1.82, 2.24) is 15.0 Å². The Morgan fingerprint density at radius 2 is 2.35 bits per heavy atom. The molecule has 0 spiro atoms. The Morgan fingerprint density at radius 1 is 1.55 bits per heavy atom. The number of thiazole rings is 1. The standard InChI is InChI=1S/C12H13ClN4O2S/c1-7-11(13)20-9(17-7)2-3-15-12-8(4-10(18)19)5-14-6-16-12/h5-6H,2-4H2,1H3,(H,18,19)(H,14,15,16). The SMILES string of the molecule is Cc1nc(CCNc2ncncc2CC(=O)O)sc1Cl. The highest BCUT2D eigenvalue weighted by Crippen LogP contribution is 2.23. The fourth-order valence-electron chi connectivity index (χ4n) is 1.64. The topological polar surface area (TPSA) is 88.0 Å². The van der Waals surface area contributed by atoms with E-state index < -0.39 is 5.97 Å². The molecule has 106 valence electrons. The lowest BCUT2D eigenvalue weighted by Gasteiger charge is -2.07. The first-order valence-corrected chi connectivity index (χ1v) is 7.12. The number of anilines is 1. The van der Waals surface area contributed by atoms with Crippen LogP contribution in [0.15, 0.2) is 12.5 Å². The maximum Gasteiger partial charge on any atom is 0.308 e. The lowest BCUT2D eigenvalue weighted by atomic mass is 10.2. The van der Waals surface area contributed by atoms with E-state index in [4.69, 9.17) is 16.7 Å². The van der Waals surface area contributed by atoms with Gasteiger partial charge in [0.05, 0.1) is 17.1 Å². The molecule has 2 rings (SSSR count). The van der Waals surface area contributed by atoms with Crippen molar-refractivity contribution in [3.63, 3.8) is 0 Å². The lowest BCUT2D eigenvalue weighted by Crippen LogP contribution is -2.11. The molecule has 0 aliphatic carbocycles. The van der Waals surface area contributed by atoms with Crippen LogP contribution in [0, 0.1) is 6.92 Å². The molecule has 0 saturated heterocycles. The second-order valence-electron chi connectivity index (χ2n) is 4.11. The van der Waals surface area contributed by atoms with E-state index in [0.717, 1.165) is 10.7 Å². The lowest BCUT2D eigenvalue weighted by molar-refractivity contribution is -0.136. The van der Waals surface area contributed by atoms with Crippen LogP contribution in [-0.4, -0.2) is 32.6 Å². The van der Waals surface area contributed by atoms with Crippen molar-refractivity contribution in [3.8, 4) is 0 Å². The summed E-state index contributed by atoms with van der Waals surface area (Å²) in [5, 5.41) is 12.9. The van der Waals surface area contributed by atoms with Crippen molar-refractivity contribution >= 4 is 34.7 Å². The Labute approximate surface area is 124 Å². The van der Waals surface area contributed by atoms with E-state index in [-0.39, 0.29) is 6.42 Å². The average Bonchev–Trinajstić information content (AvgIpc) is 2.70. The van der Waals surface area contributed by atoms with E-state index in [1.165, 1.54) is 23.9 Å². The van der Waals surface area contributed by atoms with Gasteiger partial charge in [0.15, 0.2) is 0 Å². The molecular formula is C12H13ClN4O2S. The number of carbonyl (C=O) groups is 1. The van der Waals surface area contributed by atoms with Crippen LogP contribution in [0.1, 0.15) is 16.3 Å². The van der Waals surface area contributed by atoms with Crippen LogP contribution in [0.5, 0.6) is 0 Å². The van der Waals surface area contributed by atoms with Gasteiger partial charge in [-0.2, -0.15) is 0 Å². The van der Waals surface area contributed by atoms with Crippen LogP contribution in [0.25, 0.3) is 0 Å². The Balaban J connectivity index is 1.95. The minimum atomic E-state index is -0.912. The monoisotopic (exact) mass is 312 g/mol. The Kier molecular flexibility index (Phi) is 4.86. The van der Waals surface area contributed by atoms with Crippen molar-refractivity contribution in [2.45, 2.75) is 19.8 Å². The average molecular weight is 313 g/mol. The smallest absolute Gasteiger partial charge is 0.308 e. The Hall–Kier alpha value is -1.73. The van der Waals surface area contributed by atoms with Crippen LogP contribution in [0.3, 0.4) is 0 Å². The van der Waals surface area contributed by atoms with Gasteiger partial charge in [-0.25, -0.2) is 15.0 Å². The number of hydrogen-bond acceptors (Lipinski definition) is 6. The molecule has 0 saturated carbocycles. The molecule has 6 nitrogen and oxygen atoms in total. The van der Waals surface area contributed by atoms with Gasteiger partial charge in [-0.1, -0.05) is 11.6 Å². The van der Waals surface area contributed by atoms with Crippen molar-refractivity contribution < 1.29 is 9.90 Å². The molecule has 0 aliphatic rings. The number of nitrogens with one attached hydrogen (secondary N) is 1. The summed E-state index contributed by atoms with van der Waals surface area (Å²) in [6.45, 7) is 2.47. The fraction of sp³-hybridized carbons (Fsp3) is 0.333. The molecule has 0 atom stereocenters. The van der Waals surface area contributed by atoms with Crippen LogP contribution in [0.4, 0.5) is 5.82 Å². The molecular weight excluding hydrogens is 300 g/mol. The highest BCUT2D eigenvalue weighted by molar-refractivity contribution is 7.16. The summed E-state index contributed by atoms with van der Waals surface area (Å²) in [5.74, 6) is -0.369. The highest BCUT2D eigenvalue weighted by atomic mass is 35.5. The number of hydrogen-bond donors (Lipinski definition) is 2. The quantitative estimate of drug-likeness (QED) is 0.850. The summed E-state index contributed by atoms with van der Waals surface area (Å²) >= 11 is 7.41. The minimum Gasteiger partial charge on any atom is -0.481 e. The van der Waals surface area contributed by atoms with Crippen LogP contribution >= 0.6 is 22.9 Å². The summed E-state index contributed by atoms with van der Waals surface area (Å²) in [5.41, 5.74) is 1.40. The molecule has 2 aromatic rings. The van der Waals surface area contributed by atoms with Crippen molar-refractivity contribution in [1.29, 1.82) is 0 Å². The molecule has 2 heterocycles. The molecule has 2 N–H and O–H groups in total. The molecule has 0 fully saturated rings. The van der Waals surface area contributed by atoms with Gasteiger partial charge < -0.3 is 10.4 Å². The van der Waals surface area contributed by atoms with Gasteiger partial charge >= 0.3 is 5.97 Å². The van der Waals surface area contributed by atoms with E-state index in [1.807, 2.05) is 6.92 Å². The van der Waals surface area contributed by atoms with Gasteiger partial charge in [0.1, 0.15) is 16.5 Å². The minimum absolute atomic E-state index is 0.106. The number of nitrogens with zero attached hydrogens (tertiary/aromatic N) is 3. The first-order valence-electron chi connectivity index (χ1n) is 5.92. The van der Waals surface area contributed by atoms with Crippen molar-refractivity contribution in [3.05, 3.63) is 33.1 Å². The highest BCUT2D eigenvalue weighted by Gasteiger charge is 2.09. The number of aryl methyl sites for hydroxylation is 1. The molecule has 0 radical (unpaired) electrons. The van der Waals surface area contributed by atoms with Crippen LogP contribution in [-0.2, 0) is 17.6 Å². The largest absolute Gasteiger partial charge is 0.481 e. The zero-order chi connectivity index (χ0) is 14.5. The van der Waals surface area contributed by atoms with E-state index in [2.05, 4.69) is 20.3 Å². The van der Waals surface area contributed by atoms with Gasteiger partial charge in [0, 0.05) is 24.7 Å². The number of aliphatic carboxylic acids is 1. The summed E-state index contributed by atoms with van der Waals surface area (Å²) < 4.78 is 0.702. The molecule has 0 unspecified atom stereocenters. The van der Waals surface area contributed by atoms with Gasteiger partial charge in [-0.05, 0) is 6.92 Å². The maximum atomic E-state index is 10.8. The number of rotatable bonds is 6. The van der Waals surface area contributed by atoms with Crippen molar-refractivity contribution in [2.24, 2.45) is 0 Å². The molecule has 0 amide bonds. The van der Waals surface area contributed by atoms with E-state index in [0.29, 0.717) is 28.7 Å². The first kappa shape index (κ1) is 14.7. The third kappa shape index (κ3) is 3.88. The van der Waals surface area contributed by atoms with E-state index >= 15 is 0 Å². The van der Waals surface area contributed by atoms with Gasteiger partial charge in [0.25, 0.3) is 0 Å². The number of aromatic nitrogens is 3. The van der Waals surface area contributed by atoms with Gasteiger partial charge in [0.2, 0.25) is 0 Å². The molecule has 8 heteroatoms. The third-order valence-corrected chi connectivity index (χ3v) is 4.06. The predicted octanol–water partition coefficient (Wildman–Crippen LogP) is 2.18. The number of carboxylic acids is 1. The van der Waals surface area contributed by atoms with E-state index in [9.17, 15) is 4.79 Å². The summed E-state index contributed by atoms with van der Waals surface area (Å²) in [7, 11) is 0. The fourth-order valence-corrected chi connectivity index (χ4v) is 2.73. The zero-order valence-corrected chi connectivity index (χ0v) is 12.3. The molecule has 0 aromatic carbocycles. The summed E-state index contributed by atoms with van der Waals surface area (Å²) in [6.07, 6.45) is 3.49. The molecule has 0 bridgehead atoms. The van der Waals surface area contributed by atoms with Crippen LogP contribution in [0.2, 0.25) is 4.34 Å². The van der Waals surface area contributed by atoms with Gasteiger partial charge in [-0.3, -0.25) is 4.79 Å². The molecule has 2 aromatic heterocycles. The number of carboxylic acid groups (broad SMARTS) is 1. The predicted molar refractivity (Wildman–Crippen MR) is 77.4 cm³/mol.